The van der Waals surface area contributed by atoms with Crippen molar-refractivity contribution < 1.29 is 19.1 Å². The highest BCUT2D eigenvalue weighted by molar-refractivity contribution is 5.61. The van der Waals surface area contributed by atoms with Crippen LogP contribution in [0.4, 0.5) is 0 Å². The Kier molecular flexibility index (Phi) is 1.64. The van der Waals surface area contributed by atoms with Crippen molar-refractivity contribution >= 4 is 0 Å². The fraction of sp³-hybridized carbons (Fsp3) is 0.529. The van der Waals surface area contributed by atoms with E-state index in [0.717, 1.165) is 11.1 Å². The number of likely N-dealkylation sites (tertiary alicyclic amines) is 1. The maximum atomic E-state index is 10.5. The van der Waals surface area contributed by atoms with Crippen LogP contribution in [0.2, 0.25) is 0 Å². The molecule has 2 bridgehead atoms. The van der Waals surface area contributed by atoms with Gasteiger partial charge in [0.15, 0.2) is 11.5 Å². The van der Waals surface area contributed by atoms with Crippen LogP contribution in [0.5, 0.6) is 11.5 Å². The normalized spacial score (nSPS) is 45.3. The Hall–Kier alpha value is -1.52. The van der Waals surface area contributed by atoms with Gasteiger partial charge in [-0.3, -0.25) is 0 Å². The quantitative estimate of drug-likeness (QED) is 0.556. The average Bonchev–Trinajstić information content (AvgIpc) is 2.85. The van der Waals surface area contributed by atoms with E-state index in [2.05, 4.69) is 0 Å². The molecule has 2 heterocycles. The van der Waals surface area contributed by atoms with Crippen molar-refractivity contribution in [2.75, 3.05) is 13.5 Å². The summed E-state index contributed by atoms with van der Waals surface area (Å²) in [6.07, 6.45) is 3.69. The second-order valence-corrected chi connectivity index (χ2v) is 6.64. The number of hydrogen-bond donors (Lipinski definition) is 2. The first kappa shape index (κ1) is 9.49. The van der Waals surface area contributed by atoms with Crippen LogP contribution < -0.4 is 4.74 Å². The fourth-order valence-corrected chi connectivity index (χ4v) is 5.06. The minimum absolute atomic E-state index is 0.0318. The number of hydrogen-bond acceptors (Lipinski definition) is 4. The number of aromatic hydroxyl groups is 1. The van der Waals surface area contributed by atoms with Gasteiger partial charge >= 0.3 is 0 Å². The van der Waals surface area contributed by atoms with Crippen molar-refractivity contribution in [3.8, 4) is 11.5 Å². The molecule has 1 aromatic rings. The fourth-order valence-electron chi connectivity index (χ4n) is 5.06. The standard InChI is InChI=1S/C17H19NO3/c1-18-7-6-17-10-3-5-13(20)16(17)21-15-12(19)4-2-9(14(15)17)8-11(10)18/h2-5,10-11,13,16,19-20H,6-8H2,1H3/t10-,11?,13?,16?,17-/m0/s1/i1+1D3. The average molecular weight is 289 g/mol. The molecule has 3 unspecified atom stereocenters. The number of aliphatic hydroxyl groups is 1. The Morgan fingerprint density at radius 1 is 1.43 bits per heavy atom. The molecule has 110 valence electrons. The minimum Gasteiger partial charge on any atom is -0.504 e. The Labute approximate surface area is 127 Å². The molecule has 1 saturated heterocycles. The number of piperidine rings is 1. The smallest absolute Gasteiger partial charge is 0.165 e. The van der Waals surface area contributed by atoms with Crippen molar-refractivity contribution in [1.29, 1.82) is 0 Å². The third kappa shape index (κ3) is 1.21. The summed E-state index contributed by atoms with van der Waals surface area (Å²) in [5.41, 5.74) is 1.58. The summed E-state index contributed by atoms with van der Waals surface area (Å²) in [6.45, 7) is -1.70. The number of phenolic OH excluding ortho intramolecular Hbond substituents is 1. The van der Waals surface area contributed by atoms with Crippen LogP contribution in [0.25, 0.3) is 0 Å². The number of nitrogens with zero attached hydrogens (tertiary/aromatic N) is 1. The monoisotopic (exact) mass is 289 g/mol. The largest absolute Gasteiger partial charge is 0.504 e. The third-order valence-electron chi connectivity index (χ3n) is 5.87. The summed E-state index contributed by atoms with van der Waals surface area (Å²) in [5, 5.41) is 20.7. The van der Waals surface area contributed by atoms with Crippen LogP contribution in [-0.4, -0.2) is 46.9 Å². The predicted molar refractivity (Wildman–Crippen MR) is 77.6 cm³/mol. The molecule has 5 atom stereocenters. The molecular weight excluding hydrogens is 267 g/mol. The number of benzene rings is 1. The highest BCUT2D eigenvalue weighted by Gasteiger charge is 2.64. The van der Waals surface area contributed by atoms with Gasteiger partial charge in [-0.25, -0.2) is 0 Å². The SMILES string of the molecule is [2H][13C]([2H])([2H])N1CC[C@]23c4c5ccc(O)c4OC2C(O)C=C[C@H]3C1C5. The van der Waals surface area contributed by atoms with Gasteiger partial charge in [0.1, 0.15) is 12.2 Å². The van der Waals surface area contributed by atoms with Gasteiger partial charge in [-0.1, -0.05) is 18.2 Å². The Morgan fingerprint density at radius 3 is 3.19 bits per heavy atom. The van der Waals surface area contributed by atoms with E-state index in [4.69, 9.17) is 8.85 Å². The molecule has 4 heteroatoms. The summed E-state index contributed by atoms with van der Waals surface area (Å²) < 4.78 is 29.7. The van der Waals surface area contributed by atoms with Crippen molar-refractivity contribution in [2.24, 2.45) is 5.92 Å². The lowest BCUT2D eigenvalue weighted by atomic mass is 9.53. The summed E-state index contributed by atoms with van der Waals surface area (Å²) in [6, 6.07) is 3.33. The van der Waals surface area contributed by atoms with Crippen molar-refractivity contribution in [3.05, 3.63) is 35.4 Å². The zero-order valence-electron chi connectivity index (χ0n) is 14.5. The molecule has 5 rings (SSSR count). The molecule has 1 fully saturated rings. The number of phenols is 1. The van der Waals surface area contributed by atoms with Crippen LogP contribution in [0.3, 0.4) is 0 Å². The minimum atomic E-state index is -2.14. The molecule has 2 aliphatic heterocycles. The van der Waals surface area contributed by atoms with Crippen molar-refractivity contribution in [3.63, 3.8) is 0 Å². The molecule has 0 radical (unpaired) electrons. The van der Waals surface area contributed by atoms with E-state index in [1.165, 1.54) is 0 Å². The van der Waals surface area contributed by atoms with Crippen LogP contribution in [0.15, 0.2) is 24.3 Å². The lowest BCUT2D eigenvalue weighted by Crippen LogP contribution is -2.64. The first-order valence-corrected chi connectivity index (χ1v) is 7.49. The van der Waals surface area contributed by atoms with Gasteiger partial charge in [0.25, 0.3) is 0 Å². The second kappa shape index (κ2) is 3.62. The first-order valence-electron chi connectivity index (χ1n) is 8.99. The van der Waals surface area contributed by atoms with Gasteiger partial charge in [-0.15, -0.1) is 0 Å². The number of aliphatic hydroxyl groups excluding tert-OH is 1. The van der Waals surface area contributed by atoms with Gasteiger partial charge in [0, 0.05) is 27.1 Å². The van der Waals surface area contributed by atoms with Gasteiger partial charge in [-0.2, -0.15) is 0 Å². The van der Waals surface area contributed by atoms with E-state index >= 15 is 0 Å². The van der Waals surface area contributed by atoms with Crippen LogP contribution in [-0.2, 0) is 11.8 Å². The lowest BCUT2D eigenvalue weighted by molar-refractivity contribution is -0.0453. The zero-order valence-corrected chi connectivity index (χ0v) is 11.5. The Bertz CT molecular complexity index is 762. The summed E-state index contributed by atoms with van der Waals surface area (Å²) >= 11 is 0. The van der Waals surface area contributed by atoms with Crippen LogP contribution >= 0.6 is 0 Å². The molecule has 0 aromatic heterocycles. The summed E-state index contributed by atoms with van der Waals surface area (Å²) in [5.74, 6) is 0.543. The first-order chi connectivity index (χ1) is 11.3. The molecule has 2 N–H and O–H groups in total. The Morgan fingerprint density at radius 2 is 2.33 bits per heavy atom. The van der Waals surface area contributed by atoms with Crippen molar-refractivity contribution in [1.82, 2.24) is 4.90 Å². The number of likely N-dealkylation sites (N-methyl/N-ethyl adjacent to an activating group) is 1. The van der Waals surface area contributed by atoms with Gasteiger partial charge in [-0.05, 0) is 38.0 Å². The van der Waals surface area contributed by atoms with E-state index in [-0.39, 0.29) is 17.7 Å². The van der Waals surface area contributed by atoms with Crippen molar-refractivity contribution in [2.45, 2.75) is 36.5 Å². The summed E-state index contributed by atoms with van der Waals surface area (Å²) in [7, 11) is 0. The molecule has 4 aliphatic rings. The topological polar surface area (TPSA) is 52.9 Å². The molecule has 4 nitrogen and oxygen atoms in total. The second-order valence-electron chi connectivity index (χ2n) is 6.64. The lowest BCUT2D eigenvalue weighted by Gasteiger charge is -2.56. The number of ether oxygens (including phenoxy) is 1. The van der Waals surface area contributed by atoms with E-state index < -0.39 is 24.6 Å². The molecule has 2 aliphatic carbocycles. The van der Waals surface area contributed by atoms with Crippen LogP contribution in [0, 0.1) is 5.92 Å². The van der Waals surface area contributed by atoms with E-state index in [9.17, 15) is 10.2 Å². The molecular formula is C17H19NO3. The maximum absolute atomic E-state index is 10.5. The van der Waals surface area contributed by atoms with Gasteiger partial charge in [0.2, 0.25) is 0 Å². The number of rotatable bonds is 0. The van der Waals surface area contributed by atoms with E-state index in [0.29, 0.717) is 25.1 Å². The molecule has 0 amide bonds. The van der Waals surface area contributed by atoms with Gasteiger partial charge < -0.3 is 19.8 Å². The summed E-state index contributed by atoms with van der Waals surface area (Å²) in [4.78, 5) is 1.62. The maximum Gasteiger partial charge on any atom is 0.165 e. The molecule has 0 saturated carbocycles. The van der Waals surface area contributed by atoms with Gasteiger partial charge in [0.05, 0.1) is 0 Å². The zero-order chi connectivity index (χ0) is 16.9. The molecule has 1 spiro atoms. The third-order valence-corrected chi connectivity index (χ3v) is 5.87. The highest BCUT2D eigenvalue weighted by atomic mass is 16.5. The highest BCUT2D eigenvalue weighted by Crippen LogP contribution is 2.62. The molecule has 21 heavy (non-hydrogen) atoms. The van der Waals surface area contributed by atoms with E-state index in [1.54, 1.807) is 17.0 Å². The van der Waals surface area contributed by atoms with Crippen LogP contribution in [0.1, 0.15) is 21.7 Å². The Balaban J connectivity index is 1.76. The molecule has 1 aromatic carbocycles. The predicted octanol–water partition coefficient (Wildman–Crippen LogP) is 1.20. The van der Waals surface area contributed by atoms with E-state index in [1.807, 2.05) is 12.1 Å².